The van der Waals surface area contributed by atoms with E-state index in [1.807, 2.05) is 21.6 Å². The molecule has 6 heavy (non-hydrogen) atoms. The van der Waals surface area contributed by atoms with Crippen LogP contribution in [0.25, 0.3) is 0 Å². The molecule has 0 spiro atoms. The van der Waals surface area contributed by atoms with Crippen LogP contribution in [-0.4, -0.2) is 11.5 Å². The average molecular weight is 140 g/mol. The first kappa shape index (κ1) is 7.05. The third kappa shape index (κ3) is 2.26. The maximum atomic E-state index is 1.99. The molecule has 0 radical (unpaired) electrons. The minimum Gasteiger partial charge on any atom is -0.197 e. The summed E-state index contributed by atoms with van der Waals surface area (Å²) in [5.41, 5.74) is 0. The number of hydrogen-bond donors (Lipinski definition) is 0. The summed E-state index contributed by atoms with van der Waals surface area (Å²) in [6, 6.07) is 0. The zero-order valence-corrected chi connectivity index (χ0v) is 6.07. The second kappa shape index (κ2) is 4.22. The highest BCUT2D eigenvalue weighted by Gasteiger charge is 1.96. The van der Waals surface area contributed by atoms with Gasteiger partial charge in [-0.05, 0) is 6.42 Å². The maximum absolute atomic E-state index is 1.99. The van der Waals surface area contributed by atoms with Gasteiger partial charge in [0, 0.05) is 11.5 Å². The second-order valence-corrected chi connectivity index (χ2v) is 3.70. The summed E-state index contributed by atoms with van der Waals surface area (Å²) in [4.78, 5) is 0. The van der Waals surface area contributed by atoms with Crippen molar-refractivity contribution in [3.05, 3.63) is 0 Å². The van der Waals surface area contributed by atoms with Crippen molar-refractivity contribution >= 4 is 35.1 Å². The highest BCUT2D eigenvalue weighted by atomic mass is 33.1. The predicted molar refractivity (Wildman–Crippen MR) is 39.9 cm³/mol. The Morgan fingerprint density at radius 1 is 1.00 bits per heavy atom. The van der Waals surface area contributed by atoms with E-state index in [0.29, 0.717) is 0 Å². The van der Waals surface area contributed by atoms with E-state index in [0.717, 1.165) is 0 Å². The van der Waals surface area contributed by atoms with E-state index in [9.17, 15) is 0 Å². The Labute approximate surface area is 53.3 Å². The monoisotopic (exact) mass is 140 g/mol. The molecule has 0 bridgehead atoms. The van der Waals surface area contributed by atoms with Crippen LogP contribution in [-0.2, 0) is 0 Å². The summed E-state index contributed by atoms with van der Waals surface area (Å²) >= 11 is 0. The van der Waals surface area contributed by atoms with Gasteiger partial charge in [0.1, 0.15) is 0 Å². The third-order valence-corrected chi connectivity index (χ3v) is 3.12. The van der Waals surface area contributed by atoms with Gasteiger partial charge in [0.15, 0.2) is 0 Å². The lowest BCUT2D eigenvalue weighted by Crippen LogP contribution is -1.63. The number of hydrogen-bond acceptors (Lipinski definition) is 2. The summed E-state index contributed by atoms with van der Waals surface area (Å²) < 4.78 is 0. The smallest absolute Gasteiger partial charge is 0.00450 e. The van der Waals surface area contributed by atoms with Crippen LogP contribution in [0.5, 0.6) is 0 Å². The van der Waals surface area contributed by atoms with E-state index in [-0.39, 0.29) is 13.5 Å². The SMILES string of the molecule is C1CSSC1.S. The average Bonchev–Trinajstić information content (AvgIpc) is 1.76. The standard InChI is InChI=1S/C3H6S2.H2S/c1-2-4-5-3-1;/h1-3H2;1H2. The van der Waals surface area contributed by atoms with Crippen molar-refractivity contribution in [1.82, 2.24) is 0 Å². The lowest BCUT2D eigenvalue weighted by atomic mass is 10.6. The molecule has 0 aromatic carbocycles. The topological polar surface area (TPSA) is 0 Å². The van der Waals surface area contributed by atoms with E-state index in [4.69, 9.17) is 0 Å². The quantitative estimate of drug-likeness (QED) is 0.471. The van der Waals surface area contributed by atoms with Crippen LogP contribution in [0.2, 0.25) is 0 Å². The molecular weight excluding hydrogens is 132 g/mol. The molecule has 38 valence electrons. The minimum atomic E-state index is 0. The number of rotatable bonds is 0. The Bertz CT molecular complexity index is 17.6. The first-order chi connectivity index (χ1) is 2.50. The van der Waals surface area contributed by atoms with Gasteiger partial charge in [-0.3, -0.25) is 0 Å². The Morgan fingerprint density at radius 2 is 1.50 bits per heavy atom. The Morgan fingerprint density at radius 3 is 1.67 bits per heavy atom. The van der Waals surface area contributed by atoms with Crippen molar-refractivity contribution in [3.63, 3.8) is 0 Å². The highest BCUT2D eigenvalue weighted by molar-refractivity contribution is 8.77. The molecule has 0 aliphatic carbocycles. The van der Waals surface area contributed by atoms with Gasteiger partial charge >= 0.3 is 0 Å². The fraction of sp³-hybridized carbons (Fsp3) is 1.00. The van der Waals surface area contributed by atoms with Gasteiger partial charge in [-0.15, -0.1) is 0 Å². The molecule has 3 heteroatoms. The fourth-order valence-electron chi connectivity index (χ4n) is 0.295. The Kier molecular flexibility index (Phi) is 4.95. The van der Waals surface area contributed by atoms with Crippen molar-refractivity contribution in [3.8, 4) is 0 Å². The van der Waals surface area contributed by atoms with Gasteiger partial charge in [-0.25, -0.2) is 0 Å². The van der Waals surface area contributed by atoms with E-state index < -0.39 is 0 Å². The normalized spacial score (nSPS) is 20.0. The maximum Gasteiger partial charge on any atom is 0.00450 e. The van der Waals surface area contributed by atoms with E-state index >= 15 is 0 Å². The molecule has 0 aromatic rings. The third-order valence-electron chi connectivity index (χ3n) is 0.539. The van der Waals surface area contributed by atoms with Gasteiger partial charge in [0.2, 0.25) is 0 Å². The molecule has 0 N–H and O–H groups in total. The van der Waals surface area contributed by atoms with Crippen LogP contribution in [0.15, 0.2) is 0 Å². The summed E-state index contributed by atoms with van der Waals surface area (Å²) in [6.45, 7) is 0. The second-order valence-electron chi connectivity index (χ2n) is 0.998. The van der Waals surface area contributed by atoms with Crippen LogP contribution in [0, 0.1) is 0 Å². The zero-order chi connectivity index (χ0) is 3.54. The molecule has 1 heterocycles. The van der Waals surface area contributed by atoms with Crippen molar-refractivity contribution in [2.45, 2.75) is 6.42 Å². The Balaban J connectivity index is 0.000000250. The van der Waals surface area contributed by atoms with Gasteiger partial charge in [-0.1, -0.05) is 21.6 Å². The van der Waals surface area contributed by atoms with Crippen LogP contribution in [0.1, 0.15) is 6.42 Å². The van der Waals surface area contributed by atoms with Gasteiger partial charge < -0.3 is 0 Å². The molecule has 0 amide bonds. The van der Waals surface area contributed by atoms with Crippen molar-refractivity contribution in [2.75, 3.05) is 11.5 Å². The summed E-state index contributed by atoms with van der Waals surface area (Å²) in [5.74, 6) is 2.76. The predicted octanol–water partition coefficient (Wildman–Crippen LogP) is 1.88. The molecule has 0 atom stereocenters. The molecule has 0 aromatic heterocycles. The van der Waals surface area contributed by atoms with E-state index in [1.54, 1.807) is 0 Å². The largest absolute Gasteiger partial charge is 0.197 e. The van der Waals surface area contributed by atoms with Gasteiger partial charge in [0.05, 0.1) is 0 Å². The summed E-state index contributed by atoms with van der Waals surface area (Å²) in [5, 5.41) is 0. The molecule has 1 saturated heterocycles. The van der Waals surface area contributed by atoms with Gasteiger partial charge in [-0.2, -0.15) is 13.5 Å². The molecule has 1 aliphatic heterocycles. The zero-order valence-electron chi connectivity index (χ0n) is 3.44. The summed E-state index contributed by atoms with van der Waals surface area (Å²) in [7, 11) is 3.98. The van der Waals surface area contributed by atoms with Crippen molar-refractivity contribution < 1.29 is 0 Å². The van der Waals surface area contributed by atoms with E-state index in [2.05, 4.69) is 0 Å². The lowest BCUT2D eigenvalue weighted by Gasteiger charge is -1.69. The van der Waals surface area contributed by atoms with Crippen LogP contribution < -0.4 is 0 Å². The Hall–Kier alpha value is 1.05. The van der Waals surface area contributed by atoms with Crippen LogP contribution in [0.3, 0.4) is 0 Å². The van der Waals surface area contributed by atoms with E-state index in [1.165, 1.54) is 17.9 Å². The first-order valence-electron chi connectivity index (χ1n) is 1.74. The summed E-state index contributed by atoms with van der Waals surface area (Å²) in [6.07, 6.45) is 1.43. The molecule has 1 fully saturated rings. The van der Waals surface area contributed by atoms with Crippen molar-refractivity contribution in [2.24, 2.45) is 0 Å². The molecule has 0 saturated carbocycles. The van der Waals surface area contributed by atoms with Gasteiger partial charge in [0.25, 0.3) is 0 Å². The lowest BCUT2D eigenvalue weighted by molar-refractivity contribution is 1.15. The van der Waals surface area contributed by atoms with Crippen LogP contribution in [0.4, 0.5) is 0 Å². The minimum absolute atomic E-state index is 0. The highest BCUT2D eigenvalue weighted by Crippen LogP contribution is 2.29. The molecule has 0 nitrogen and oxygen atoms in total. The molecule has 1 aliphatic rings. The molecule has 1 rings (SSSR count). The fourth-order valence-corrected chi connectivity index (χ4v) is 2.65. The van der Waals surface area contributed by atoms with Crippen molar-refractivity contribution in [1.29, 1.82) is 0 Å². The van der Waals surface area contributed by atoms with Crippen LogP contribution >= 0.6 is 35.1 Å². The molecule has 0 unspecified atom stereocenters. The first-order valence-corrected chi connectivity index (χ1v) is 4.23. The molecular formula is C3H8S3.